The summed E-state index contributed by atoms with van der Waals surface area (Å²) in [5, 5.41) is 0.730. The van der Waals surface area contributed by atoms with Gasteiger partial charge in [-0.1, -0.05) is 35.9 Å². The second-order valence-electron chi connectivity index (χ2n) is 8.81. The third-order valence-corrected chi connectivity index (χ3v) is 7.66. The Bertz CT molecular complexity index is 1620. The van der Waals surface area contributed by atoms with Crippen LogP contribution in [0, 0.1) is 6.92 Å². The molecule has 1 amide bonds. The van der Waals surface area contributed by atoms with Gasteiger partial charge in [0, 0.05) is 29.7 Å². The number of benzene rings is 3. The zero-order valence-corrected chi connectivity index (χ0v) is 20.8. The molecule has 1 atom stereocenters. The van der Waals surface area contributed by atoms with Crippen LogP contribution in [0.2, 0.25) is 0 Å². The lowest BCUT2D eigenvalue weighted by Gasteiger charge is -2.18. The number of ether oxygens (including phenoxy) is 2. The van der Waals surface area contributed by atoms with Crippen molar-refractivity contribution in [1.82, 2.24) is 9.29 Å². The maximum atomic E-state index is 13.7. The summed E-state index contributed by atoms with van der Waals surface area (Å²) in [6.45, 7) is 3.41. The molecule has 0 radical (unpaired) electrons. The molecule has 0 bridgehead atoms. The second kappa shape index (κ2) is 8.83. The number of carbonyl (C=O) groups is 2. The Morgan fingerprint density at radius 2 is 1.69 bits per heavy atom. The summed E-state index contributed by atoms with van der Waals surface area (Å²) in [4.78, 5) is 25.6. The predicted octanol–water partition coefficient (Wildman–Crippen LogP) is 4.06. The first-order valence-corrected chi connectivity index (χ1v) is 12.7. The highest BCUT2D eigenvalue weighted by atomic mass is 32.2. The normalized spacial score (nSPS) is 13.5. The van der Waals surface area contributed by atoms with Gasteiger partial charge in [-0.3, -0.25) is 9.59 Å². The number of ketones is 1. The Hall–Kier alpha value is -4.11. The minimum absolute atomic E-state index is 0.00472. The van der Waals surface area contributed by atoms with E-state index in [1.54, 1.807) is 54.7 Å². The van der Waals surface area contributed by atoms with E-state index in [9.17, 15) is 18.0 Å². The van der Waals surface area contributed by atoms with Gasteiger partial charge in [-0.15, -0.1) is 0 Å². The van der Waals surface area contributed by atoms with Crippen molar-refractivity contribution in [3.05, 3.63) is 89.1 Å². The van der Waals surface area contributed by atoms with Crippen molar-refractivity contribution >= 4 is 32.6 Å². The zero-order valence-electron chi connectivity index (χ0n) is 19.9. The number of hydrogen-bond acceptors (Lipinski definition) is 6. The number of sulfonamides is 1. The molecular weight excluding hydrogens is 480 g/mol. The lowest BCUT2D eigenvalue weighted by Crippen LogP contribution is -2.35. The molecule has 0 saturated heterocycles. The standard InChI is InChI=1S/C27H24N2O6S/c1-16-4-8-20(9-5-16)36(32,33)28-27(31)26(19-7-11-24-25(13-19)35-15-34-24)22-14-29(3)23-12-18(17(2)30)6-10-21(22)23/h4-14,26H,15H2,1-3H3,(H,28,31). The highest BCUT2D eigenvalue weighted by Gasteiger charge is 2.31. The van der Waals surface area contributed by atoms with E-state index in [0.717, 1.165) is 16.5 Å². The van der Waals surface area contributed by atoms with Gasteiger partial charge in [0.05, 0.1) is 10.8 Å². The number of nitrogens with one attached hydrogen (secondary N) is 1. The van der Waals surface area contributed by atoms with Crippen LogP contribution in [0.15, 0.2) is 71.8 Å². The summed E-state index contributed by atoms with van der Waals surface area (Å²) in [6, 6.07) is 16.6. The van der Waals surface area contributed by atoms with Gasteiger partial charge in [0.15, 0.2) is 17.3 Å². The number of hydrogen-bond donors (Lipinski definition) is 1. The fourth-order valence-electron chi connectivity index (χ4n) is 4.40. The molecule has 1 aliphatic heterocycles. The molecule has 3 aromatic carbocycles. The number of Topliss-reactive ketones (excluding diaryl/α,β-unsaturated/α-hetero) is 1. The van der Waals surface area contributed by atoms with E-state index in [1.165, 1.54) is 19.1 Å². The molecule has 1 aromatic heterocycles. The molecular formula is C27H24N2O6S. The van der Waals surface area contributed by atoms with E-state index >= 15 is 0 Å². The van der Waals surface area contributed by atoms with Gasteiger partial charge in [-0.2, -0.15) is 0 Å². The Morgan fingerprint density at radius 3 is 2.42 bits per heavy atom. The topological polar surface area (TPSA) is 104 Å². The van der Waals surface area contributed by atoms with Crippen LogP contribution in [0.3, 0.4) is 0 Å². The molecule has 1 unspecified atom stereocenters. The Kier molecular flexibility index (Phi) is 5.80. The molecule has 0 spiro atoms. The number of amides is 1. The lowest BCUT2D eigenvalue weighted by atomic mass is 9.90. The third kappa shape index (κ3) is 4.22. The van der Waals surface area contributed by atoms with Crippen LogP contribution in [-0.2, 0) is 21.9 Å². The SMILES string of the molecule is CC(=O)c1ccc2c(C(C(=O)NS(=O)(=O)c3ccc(C)cc3)c3ccc4c(c3)OCO4)cn(C)c2c1. The van der Waals surface area contributed by atoms with E-state index in [2.05, 4.69) is 4.72 Å². The number of aryl methyl sites for hydroxylation is 2. The summed E-state index contributed by atoms with van der Waals surface area (Å²) in [6.07, 6.45) is 1.78. The van der Waals surface area contributed by atoms with Crippen LogP contribution in [0.4, 0.5) is 0 Å². The third-order valence-electron chi connectivity index (χ3n) is 6.30. The Morgan fingerprint density at radius 1 is 0.972 bits per heavy atom. The molecule has 36 heavy (non-hydrogen) atoms. The van der Waals surface area contributed by atoms with Crippen molar-refractivity contribution in [2.75, 3.05) is 6.79 Å². The average Bonchev–Trinajstić information content (AvgIpc) is 3.43. The summed E-state index contributed by atoms with van der Waals surface area (Å²) in [7, 11) is -2.31. The maximum absolute atomic E-state index is 13.7. The molecule has 5 rings (SSSR count). The summed E-state index contributed by atoms with van der Waals surface area (Å²) >= 11 is 0. The largest absolute Gasteiger partial charge is 0.454 e. The fraction of sp³-hybridized carbons (Fsp3) is 0.185. The van der Waals surface area contributed by atoms with E-state index in [1.807, 2.05) is 18.5 Å². The summed E-state index contributed by atoms with van der Waals surface area (Å²) < 4.78 is 41.1. The van der Waals surface area contributed by atoms with E-state index in [4.69, 9.17) is 9.47 Å². The lowest BCUT2D eigenvalue weighted by molar-refractivity contribution is -0.119. The minimum atomic E-state index is -4.12. The zero-order chi connectivity index (χ0) is 25.6. The number of carbonyl (C=O) groups excluding carboxylic acids is 2. The van der Waals surface area contributed by atoms with Gasteiger partial charge in [-0.05, 0) is 55.3 Å². The molecule has 8 nitrogen and oxygen atoms in total. The van der Waals surface area contributed by atoms with E-state index in [-0.39, 0.29) is 17.5 Å². The van der Waals surface area contributed by atoms with Crippen molar-refractivity contribution in [3.63, 3.8) is 0 Å². The molecule has 2 heterocycles. The van der Waals surface area contributed by atoms with Crippen molar-refractivity contribution in [3.8, 4) is 11.5 Å². The summed E-state index contributed by atoms with van der Waals surface area (Å²) in [5.74, 6) is -0.738. The van der Waals surface area contributed by atoms with Crippen LogP contribution in [0.25, 0.3) is 10.9 Å². The molecule has 1 N–H and O–H groups in total. The molecule has 184 valence electrons. The highest BCUT2D eigenvalue weighted by molar-refractivity contribution is 7.90. The van der Waals surface area contributed by atoms with Crippen LogP contribution in [0.1, 0.15) is 39.9 Å². The van der Waals surface area contributed by atoms with Gasteiger partial charge >= 0.3 is 0 Å². The summed E-state index contributed by atoms with van der Waals surface area (Å²) in [5.41, 5.74) is 3.33. The van der Waals surface area contributed by atoms with Gasteiger partial charge in [0.2, 0.25) is 12.7 Å². The van der Waals surface area contributed by atoms with Crippen molar-refractivity contribution < 1.29 is 27.5 Å². The Balaban J connectivity index is 1.62. The second-order valence-corrected chi connectivity index (χ2v) is 10.5. The first-order valence-electron chi connectivity index (χ1n) is 11.3. The molecule has 0 fully saturated rings. The van der Waals surface area contributed by atoms with Gasteiger partial charge in [0.1, 0.15) is 0 Å². The first kappa shape index (κ1) is 23.6. The van der Waals surface area contributed by atoms with Crippen LogP contribution in [-0.4, -0.2) is 31.5 Å². The van der Waals surface area contributed by atoms with E-state index < -0.39 is 21.8 Å². The molecule has 0 saturated carbocycles. The number of nitrogens with zero attached hydrogens (tertiary/aromatic N) is 1. The van der Waals surface area contributed by atoms with Crippen LogP contribution in [0.5, 0.6) is 11.5 Å². The smallest absolute Gasteiger partial charge is 0.264 e. The van der Waals surface area contributed by atoms with Crippen LogP contribution < -0.4 is 14.2 Å². The average molecular weight is 505 g/mol. The quantitative estimate of drug-likeness (QED) is 0.397. The molecule has 9 heteroatoms. The van der Waals surface area contributed by atoms with Crippen molar-refractivity contribution in [2.45, 2.75) is 24.7 Å². The van der Waals surface area contributed by atoms with Gasteiger partial charge in [0.25, 0.3) is 10.0 Å². The maximum Gasteiger partial charge on any atom is 0.264 e. The number of fused-ring (bicyclic) bond motifs is 2. The van der Waals surface area contributed by atoms with Gasteiger partial charge < -0.3 is 14.0 Å². The Labute approximate surface area is 208 Å². The van der Waals surface area contributed by atoms with E-state index in [0.29, 0.717) is 28.2 Å². The number of rotatable bonds is 6. The first-order chi connectivity index (χ1) is 17.1. The highest BCUT2D eigenvalue weighted by Crippen LogP contribution is 2.39. The minimum Gasteiger partial charge on any atom is -0.454 e. The predicted molar refractivity (Wildman–Crippen MR) is 134 cm³/mol. The fourth-order valence-corrected chi connectivity index (χ4v) is 5.39. The molecule has 1 aliphatic rings. The van der Waals surface area contributed by atoms with Crippen LogP contribution >= 0.6 is 0 Å². The monoisotopic (exact) mass is 504 g/mol. The van der Waals surface area contributed by atoms with Gasteiger partial charge in [-0.25, -0.2) is 13.1 Å². The number of aromatic nitrogens is 1. The van der Waals surface area contributed by atoms with Crippen molar-refractivity contribution in [2.24, 2.45) is 7.05 Å². The molecule has 4 aromatic rings. The molecule has 0 aliphatic carbocycles. The van der Waals surface area contributed by atoms with Crippen molar-refractivity contribution in [1.29, 1.82) is 0 Å².